The predicted molar refractivity (Wildman–Crippen MR) is 88.8 cm³/mol. The van der Waals surface area contributed by atoms with Crippen LogP contribution in [0.25, 0.3) is 0 Å². The molecule has 1 aliphatic heterocycles. The normalized spacial score (nSPS) is 13.2. The van der Waals surface area contributed by atoms with E-state index in [0.29, 0.717) is 18.0 Å². The number of rotatable bonds is 5. The molecule has 1 aliphatic rings. The molecule has 0 radical (unpaired) electrons. The second-order valence-corrected chi connectivity index (χ2v) is 5.68. The highest BCUT2D eigenvalue weighted by atomic mass is 16.5. The zero-order valence-electron chi connectivity index (χ0n) is 13.7. The molecule has 0 N–H and O–H groups in total. The van der Waals surface area contributed by atoms with E-state index in [1.165, 1.54) is 18.2 Å². The first-order chi connectivity index (χ1) is 12.0. The smallest absolute Gasteiger partial charge is 0.265 e. The Kier molecular flexibility index (Phi) is 4.52. The molecule has 0 aliphatic carbocycles. The molecule has 2 aromatic carbocycles. The molecule has 3 rings (SSSR count). The van der Waals surface area contributed by atoms with Crippen molar-refractivity contribution in [2.75, 3.05) is 18.1 Å². The second kappa shape index (κ2) is 6.76. The minimum atomic E-state index is -1.41. The first-order valence-electron chi connectivity index (χ1n) is 7.95. The zero-order valence-corrected chi connectivity index (χ0v) is 13.7. The van der Waals surface area contributed by atoms with Crippen LogP contribution in [0.4, 0.5) is 5.69 Å². The molecule has 0 atom stereocenters. The minimum absolute atomic E-state index is 0.0339. The first-order valence-corrected chi connectivity index (χ1v) is 7.95. The summed E-state index contributed by atoms with van der Waals surface area (Å²) in [5.74, 6) is -1.50. The largest absolute Gasteiger partial charge is 0.545 e. The summed E-state index contributed by atoms with van der Waals surface area (Å²) in [6.07, 6.45) is 0.761. The third-order valence-corrected chi connectivity index (χ3v) is 4.00. The average molecular weight is 338 g/mol. The number of fused-ring (bicyclic) bond motifs is 1. The van der Waals surface area contributed by atoms with Crippen LogP contribution in [0, 0.1) is 0 Å². The van der Waals surface area contributed by atoms with Gasteiger partial charge >= 0.3 is 0 Å². The van der Waals surface area contributed by atoms with Gasteiger partial charge in [0.1, 0.15) is 5.75 Å². The maximum absolute atomic E-state index is 12.8. The number of carboxylic acids is 1. The van der Waals surface area contributed by atoms with Crippen LogP contribution in [-0.4, -0.2) is 30.8 Å². The van der Waals surface area contributed by atoms with Crippen LogP contribution in [0.3, 0.4) is 0 Å². The Hall–Kier alpha value is -3.15. The number of hydrogen-bond acceptors (Lipinski definition) is 5. The van der Waals surface area contributed by atoms with Crippen molar-refractivity contribution >= 4 is 23.3 Å². The zero-order chi connectivity index (χ0) is 18.0. The molecular formula is C19H16NO5-. The van der Waals surface area contributed by atoms with Crippen LogP contribution in [-0.2, 0) is 4.79 Å². The fourth-order valence-corrected chi connectivity index (χ4v) is 2.83. The molecule has 0 bridgehead atoms. The Morgan fingerprint density at radius 1 is 1.16 bits per heavy atom. The van der Waals surface area contributed by atoms with E-state index < -0.39 is 11.8 Å². The molecular weight excluding hydrogens is 322 g/mol. The van der Waals surface area contributed by atoms with Gasteiger partial charge in [0.25, 0.3) is 5.91 Å². The summed E-state index contributed by atoms with van der Waals surface area (Å²) in [6, 6.07) is 10.6. The molecule has 0 saturated carbocycles. The number of amides is 1. The lowest BCUT2D eigenvalue weighted by Crippen LogP contribution is -2.39. The van der Waals surface area contributed by atoms with E-state index in [9.17, 15) is 19.5 Å². The Bertz CT molecular complexity index is 859. The predicted octanol–water partition coefficient (Wildman–Crippen LogP) is 1.42. The van der Waals surface area contributed by atoms with E-state index in [2.05, 4.69) is 0 Å². The third kappa shape index (κ3) is 3.10. The van der Waals surface area contributed by atoms with Gasteiger partial charge in [0.2, 0.25) is 0 Å². The standard InChI is InChI=1S/C19H17NO5/c1-2-9-20-15-10-12(7-8-16(15)25-11-17(20)21)18(22)13-5-3-4-6-14(13)19(23)24/h3-8,10H,2,9,11H2,1H3,(H,23,24)/p-1. The maximum atomic E-state index is 12.8. The monoisotopic (exact) mass is 338 g/mol. The molecule has 0 saturated heterocycles. The topological polar surface area (TPSA) is 86.7 Å². The fraction of sp³-hybridized carbons (Fsp3) is 0.211. The Morgan fingerprint density at radius 2 is 1.88 bits per heavy atom. The van der Waals surface area contributed by atoms with Gasteiger partial charge in [0.15, 0.2) is 12.4 Å². The fourth-order valence-electron chi connectivity index (χ4n) is 2.83. The summed E-state index contributed by atoms with van der Waals surface area (Å²) in [5.41, 5.74) is 0.692. The number of ketones is 1. The van der Waals surface area contributed by atoms with Crippen molar-refractivity contribution in [2.45, 2.75) is 13.3 Å². The molecule has 1 amide bonds. The van der Waals surface area contributed by atoms with Crippen molar-refractivity contribution in [3.8, 4) is 5.75 Å². The lowest BCUT2D eigenvalue weighted by Gasteiger charge is -2.29. The molecule has 2 aromatic rings. The minimum Gasteiger partial charge on any atom is -0.545 e. The van der Waals surface area contributed by atoms with E-state index in [1.807, 2.05) is 6.92 Å². The quantitative estimate of drug-likeness (QED) is 0.770. The third-order valence-electron chi connectivity index (χ3n) is 4.00. The molecule has 128 valence electrons. The molecule has 0 aromatic heterocycles. The van der Waals surface area contributed by atoms with Gasteiger partial charge in [-0.15, -0.1) is 0 Å². The van der Waals surface area contributed by atoms with Crippen LogP contribution in [0.2, 0.25) is 0 Å². The summed E-state index contributed by atoms with van der Waals surface area (Å²) in [6.45, 7) is 2.43. The summed E-state index contributed by atoms with van der Waals surface area (Å²) >= 11 is 0. The molecule has 0 unspecified atom stereocenters. The summed E-state index contributed by atoms with van der Waals surface area (Å²) in [7, 11) is 0. The van der Waals surface area contributed by atoms with Gasteiger partial charge in [-0.05, 0) is 24.6 Å². The van der Waals surface area contributed by atoms with Crippen molar-refractivity contribution in [2.24, 2.45) is 0 Å². The average Bonchev–Trinajstić information content (AvgIpc) is 2.63. The summed E-state index contributed by atoms with van der Waals surface area (Å²) in [5, 5.41) is 11.2. The number of nitrogens with zero attached hydrogens (tertiary/aromatic N) is 1. The van der Waals surface area contributed by atoms with Crippen LogP contribution in [0.1, 0.15) is 39.6 Å². The van der Waals surface area contributed by atoms with Gasteiger partial charge in [0, 0.05) is 23.2 Å². The number of anilines is 1. The number of carbonyl (C=O) groups is 3. The molecule has 6 heteroatoms. The first kappa shape index (κ1) is 16.7. The Balaban J connectivity index is 2.04. The molecule has 6 nitrogen and oxygen atoms in total. The van der Waals surface area contributed by atoms with E-state index in [0.717, 1.165) is 6.42 Å². The second-order valence-electron chi connectivity index (χ2n) is 5.68. The molecule has 1 heterocycles. The molecule has 25 heavy (non-hydrogen) atoms. The number of ether oxygens (including phenoxy) is 1. The lowest BCUT2D eigenvalue weighted by atomic mass is 9.97. The van der Waals surface area contributed by atoms with Gasteiger partial charge in [-0.3, -0.25) is 9.59 Å². The molecule has 0 fully saturated rings. The van der Waals surface area contributed by atoms with E-state index in [1.54, 1.807) is 29.2 Å². The van der Waals surface area contributed by atoms with Crippen molar-refractivity contribution < 1.29 is 24.2 Å². The van der Waals surface area contributed by atoms with E-state index in [-0.39, 0.29) is 29.2 Å². The van der Waals surface area contributed by atoms with Crippen LogP contribution < -0.4 is 14.7 Å². The van der Waals surface area contributed by atoms with Crippen molar-refractivity contribution in [1.29, 1.82) is 0 Å². The Labute approximate surface area is 144 Å². The van der Waals surface area contributed by atoms with Gasteiger partial charge in [-0.25, -0.2) is 0 Å². The van der Waals surface area contributed by atoms with Crippen LogP contribution in [0.5, 0.6) is 5.75 Å². The summed E-state index contributed by atoms with van der Waals surface area (Å²) in [4.78, 5) is 37.7. The van der Waals surface area contributed by atoms with E-state index >= 15 is 0 Å². The number of aromatic carboxylic acids is 1. The van der Waals surface area contributed by atoms with Crippen LogP contribution in [0.15, 0.2) is 42.5 Å². The van der Waals surface area contributed by atoms with Crippen LogP contribution >= 0.6 is 0 Å². The number of hydrogen-bond donors (Lipinski definition) is 0. The number of carboxylic acid groups (broad SMARTS) is 1. The Morgan fingerprint density at radius 3 is 2.56 bits per heavy atom. The highest BCUT2D eigenvalue weighted by molar-refractivity contribution is 6.14. The van der Waals surface area contributed by atoms with Gasteiger partial charge in [-0.2, -0.15) is 0 Å². The van der Waals surface area contributed by atoms with Gasteiger partial charge < -0.3 is 19.5 Å². The maximum Gasteiger partial charge on any atom is 0.265 e. The van der Waals surface area contributed by atoms with Crippen molar-refractivity contribution in [3.05, 3.63) is 59.2 Å². The van der Waals surface area contributed by atoms with E-state index in [4.69, 9.17) is 4.74 Å². The summed E-state index contributed by atoms with van der Waals surface area (Å²) < 4.78 is 5.41. The number of carbonyl (C=O) groups excluding carboxylic acids is 3. The highest BCUT2D eigenvalue weighted by Crippen LogP contribution is 2.33. The number of benzene rings is 2. The van der Waals surface area contributed by atoms with Crippen molar-refractivity contribution in [3.63, 3.8) is 0 Å². The highest BCUT2D eigenvalue weighted by Gasteiger charge is 2.26. The van der Waals surface area contributed by atoms with Crippen molar-refractivity contribution in [1.82, 2.24) is 0 Å². The molecule has 0 spiro atoms. The van der Waals surface area contributed by atoms with Gasteiger partial charge in [-0.1, -0.05) is 31.2 Å². The SMILES string of the molecule is CCCN1C(=O)COc2ccc(C(=O)c3ccccc3C(=O)[O-])cc21. The van der Waals surface area contributed by atoms with Gasteiger partial charge in [0.05, 0.1) is 11.7 Å². The lowest BCUT2D eigenvalue weighted by molar-refractivity contribution is -0.255.